The fourth-order valence-electron chi connectivity index (χ4n) is 3.48. The number of carbonyl (C=O) groups is 2. The van der Waals surface area contributed by atoms with E-state index >= 15 is 0 Å². The fourth-order valence-corrected chi connectivity index (χ4v) is 3.68. The van der Waals surface area contributed by atoms with Gasteiger partial charge < -0.3 is 15.1 Å². The molecular formula is C22H25ClN4O4. The first-order valence-electron chi connectivity index (χ1n) is 10.1. The Morgan fingerprint density at radius 2 is 1.74 bits per heavy atom. The van der Waals surface area contributed by atoms with Crippen molar-refractivity contribution >= 4 is 34.8 Å². The van der Waals surface area contributed by atoms with Gasteiger partial charge in [-0.2, -0.15) is 0 Å². The number of rotatable bonds is 6. The summed E-state index contributed by atoms with van der Waals surface area (Å²) in [5, 5.41) is 15.2. The molecule has 2 aromatic rings. The molecule has 1 aliphatic rings. The number of hydrogen-bond donors (Lipinski definition) is 1. The average molecular weight is 445 g/mol. The summed E-state index contributed by atoms with van der Waals surface area (Å²) in [5.41, 5.74) is 1.20. The Labute approximate surface area is 185 Å². The van der Waals surface area contributed by atoms with Gasteiger partial charge in [0.25, 0.3) is 11.6 Å². The lowest BCUT2D eigenvalue weighted by molar-refractivity contribution is -0.384. The van der Waals surface area contributed by atoms with E-state index in [-0.39, 0.29) is 29.0 Å². The van der Waals surface area contributed by atoms with Crippen molar-refractivity contribution in [2.24, 2.45) is 5.92 Å². The maximum Gasteiger partial charge on any atom is 0.293 e. The van der Waals surface area contributed by atoms with Gasteiger partial charge in [-0.25, -0.2) is 0 Å². The molecule has 0 bridgehead atoms. The molecule has 3 rings (SSSR count). The van der Waals surface area contributed by atoms with Crippen molar-refractivity contribution in [1.82, 2.24) is 9.80 Å². The van der Waals surface area contributed by atoms with Crippen LogP contribution in [-0.4, -0.2) is 52.7 Å². The minimum Gasteiger partial charge on any atom is -0.375 e. The van der Waals surface area contributed by atoms with Crippen molar-refractivity contribution in [3.8, 4) is 0 Å². The van der Waals surface area contributed by atoms with Crippen LogP contribution in [0, 0.1) is 16.0 Å². The Bertz CT molecular complexity index is 987. The van der Waals surface area contributed by atoms with Gasteiger partial charge in [0.15, 0.2) is 0 Å². The van der Waals surface area contributed by atoms with Crippen LogP contribution < -0.4 is 5.32 Å². The van der Waals surface area contributed by atoms with E-state index in [0.29, 0.717) is 43.4 Å². The zero-order valence-corrected chi connectivity index (χ0v) is 18.3. The van der Waals surface area contributed by atoms with Crippen molar-refractivity contribution in [3.63, 3.8) is 0 Å². The van der Waals surface area contributed by atoms with E-state index in [1.54, 1.807) is 28.0 Å². The van der Waals surface area contributed by atoms with Crippen LogP contribution in [0.2, 0.25) is 5.02 Å². The second-order valence-electron chi connectivity index (χ2n) is 7.71. The summed E-state index contributed by atoms with van der Waals surface area (Å²) in [6.45, 7) is 5.74. The second kappa shape index (κ2) is 9.78. The lowest BCUT2D eigenvalue weighted by atomic mass is 10.1. The third-order valence-corrected chi connectivity index (χ3v) is 5.61. The highest BCUT2D eigenvalue weighted by Crippen LogP contribution is 2.28. The van der Waals surface area contributed by atoms with Crippen LogP contribution in [0.1, 0.15) is 29.8 Å². The molecule has 0 spiro atoms. The molecule has 0 radical (unpaired) electrons. The fraction of sp³-hybridized carbons (Fsp3) is 0.364. The third-order valence-electron chi connectivity index (χ3n) is 5.24. The molecule has 0 aliphatic carbocycles. The van der Waals surface area contributed by atoms with E-state index in [1.807, 2.05) is 32.0 Å². The number of hydrogen-bond acceptors (Lipinski definition) is 5. The number of nitrogens with zero attached hydrogens (tertiary/aromatic N) is 3. The Balaban J connectivity index is 1.70. The Morgan fingerprint density at radius 1 is 1.10 bits per heavy atom. The maximum atomic E-state index is 12.9. The molecule has 31 heavy (non-hydrogen) atoms. The van der Waals surface area contributed by atoms with Gasteiger partial charge in [0.2, 0.25) is 5.91 Å². The molecule has 0 saturated carbocycles. The van der Waals surface area contributed by atoms with Crippen molar-refractivity contribution in [2.45, 2.75) is 20.4 Å². The number of carbonyl (C=O) groups excluding carboxylic acids is 2. The molecule has 2 aromatic carbocycles. The molecule has 1 aliphatic heterocycles. The summed E-state index contributed by atoms with van der Waals surface area (Å²) in [7, 11) is 0. The number of piperazine rings is 1. The number of anilines is 1. The van der Waals surface area contributed by atoms with Gasteiger partial charge in [-0.15, -0.1) is 0 Å². The summed E-state index contributed by atoms with van der Waals surface area (Å²) in [4.78, 5) is 39.5. The van der Waals surface area contributed by atoms with Gasteiger partial charge in [-0.05, 0) is 23.8 Å². The predicted molar refractivity (Wildman–Crippen MR) is 119 cm³/mol. The van der Waals surface area contributed by atoms with Crippen LogP contribution in [0.15, 0.2) is 42.5 Å². The smallest absolute Gasteiger partial charge is 0.293 e. The Morgan fingerprint density at radius 3 is 2.35 bits per heavy atom. The van der Waals surface area contributed by atoms with E-state index in [4.69, 9.17) is 11.6 Å². The zero-order valence-electron chi connectivity index (χ0n) is 17.5. The molecule has 164 valence electrons. The third kappa shape index (κ3) is 5.32. The summed E-state index contributed by atoms with van der Waals surface area (Å²) in [6, 6.07) is 11.7. The van der Waals surface area contributed by atoms with Crippen LogP contribution in [0.3, 0.4) is 0 Å². The van der Waals surface area contributed by atoms with Gasteiger partial charge in [-0.1, -0.05) is 43.6 Å². The minimum atomic E-state index is -0.509. The van der Waals surface area contributed by atoms with Gasteiger partial charge in [0, 0.05) is 55.3 Å². The van der Waals surface area contributed by atoms with Gasteiger partial charge in [-0.3, -0.25) is 19.7 Å². The van der Waals surface area contributed by atoms with E-state index in [9.17, 15) is 19.7 Å². The topological polar surface area (TPSA) is 95.8 Å². The molecule has 0 atom stereocenters. The summed E-state index contributed by atoms with van der Waals surface area (Å²) in [5.74, 6) is -0.301. The molecule has 1 heterocycles. The number of halogens is 1. The van der Waals surface area contributed by atoms with Crippen molar-refractivity contribution in [3.05, 3.63) is 68.7 Å². The van der Waals surface area contributed by atoms with Gasteiger partial charge in [0.1, 0.15) is 5.69 Å². The maximum absolute atomic E-state index is 12.9. The normalized spacial score (nSPS) is 13.9. The first-order chi connectivity index (χ1) is 14.8. The predicted octanol–water partition coefficient (Wildman–Crippen LogP) is 3.80. The largest absolute Gasteiger partial charge is 0.375 e. The van der Waals surface area contributed by atoms with Gasteiger partial charge in [0.05, 0.1) is 4.92 Å². The summed E-state index contributed by atoms with van der Waals surface area (Å²) >= 11 is 6.14. The standard InChI is InChI=1S/C22H25ClN4O4/c1-15(2)21(28)25-9-11-26(12-10-25)22(29)16-7-8-19(20(13-16)27(30)31)24-14-17-5-3-4-6-18(17)23/h3-8,13,15,24H,9-12,14H2,1-2H3. The molecule has 1 fully saturated rings. The van der Waals surface area contributed by atoms with Crippen molar-refractivity contribution in [1.29, 1.82) is 0 Å². The lowest BCUT2D eigenvalue weighted by Crippen LogP contribution is -2.51. The monoisotopic (exact) mass is 444 g/mol. The first kappa shape index (κ1) is 22.6. The molecule has 9 heteroatoms. The van der Waals surface area contributed by atoms with Crippen molar-refractivity contribution < 1.29 is 14.5 Å². The number of nitrogens with one attached hydrogen (secondary N) is 1. The summed E-state index contributed by atoms with van der Waals surface area (Å²) < 4.78 is 0. The Hall–Kier alpha value is -3.13. The average Bonchev–Trinajstić information content (AvgIpc) is 2.77. The van der Waals surface area contributed by atoms with E-state index < -0.39 is 4.92 Å². The molecule has 8 nitrogen and oxygen atoms in total. The quantitative estimate of drug-likeness (QED) is 0.540. The Kier molecular flexibility index (Phi) is 7.12. The summed E-state index contributed by atoms with van der Waals surface area (Å²) in [6.07, 6.45) is 0. The SMILES string of the molecule is CC(C)C(=O)N1CCN(C(=O)c2ccc(NCc3ccccc3Cl)c([N+](=O)[O-])c2)CC1. The molecule has 1 N–H and O–H groups in total. The van der Waals surface area contributed by atoms with Crippen LogP contribution in [-0.2, 0) is 11.3 Å². The highest BCUT2D eigenvalue weighted by molar-refractivity contribution is 6.31. The number of benzene rings is 2. The first-order valence-corrected chi connectivity index (χ1v) is 10.5. The van der Waals surface area contributed by atoms with Crippen LogP contribution in [0.5, 0.6) is 0 Å². The number of amides is 2. The molecule has 0 unspecified atom stereocenters. The number of nitro groups is 1. The van der Waals surface area contributed by atoms with Crippen molar-refractivity contribution in [2.75, 3.05) is 31.5 Å². The van der Waals surface area contributed by atoms with Crippen LogP contribution in [0.4, 0.5) is 11.4 Å². The van der Waals surface area contributed by atoms with Crippen LogP contribution in [0.25, 0.3) is 0 Å². The lowest BCUT2D eigenvalue weighted by Gasteiger charge is -2.35. The molecule has 0 aromatic heterocycles. The molecular weight excluding hydrogens is 420 g/mol. The highest BCUT2D eigenvalue weighted by atomic mass is 35.5. The zero-order chi connectivity index (χ0) is 22.5. The minimum absolute atomic E-state index is 0.0664. The molecule has 1 saturated heterocycles. The molecule has 2 amide bonds. The van der Waals surface area contributed by atoms with Crippen LogP contribution >= 0.6 is 11.6 Å². The van der Waals surface area contributed by atoms with Gasteiger partial charge >= 0.3 is 0 Å². The number of nitro benzene ring substituents is 1. The van der Waals surface area contributed by atoms with E-state index in [1.165, 1.54) is 6.07 Å². The highest BCUT2D eigenvalue weighted by Gasteiger charge is 2.27. The van der Waals surface area contributed by atoms with E-state index in [2.05, 4.69) is 5.32 Å². The second-order valence-corrected chi connectivity index (χ2v) is 8.11. The van der Waals surface area contributed by atoms with E-state index in [0.717, 1.165) is 5.56 Å².